The van der Waals surface area contributed by atoms with Gasteiger partial charge in [-0.25, -0.2) is 4.21 Å². The Labute approximate surface area is 105 Å². The zero-order chi connectivity index (χ0) is 15.3. The van der Waals surface area contributed by atoms with Crippen molar-refractivity contribution in [2.75, 3.05) is 19.6 Å². The smallest absolute Gasteiger partial charge is 0.412 e. The Morgan fingerprint density at radius 1 is 1.00 bits per heavy atom. The van der Waals surface area contributed by atoms with Gasteiger partial charge in [-0.1, -0.05) is 0 Å². The van der Waals surface area contributed by atoms with Crippen molar-refractivity contribution in [1.29, 1.82) is 0 Å². The molecule has 0 N–H and O–H groups in total. The summed E-state index contributed by atoms with van der Waals surface area (Å²) in [6, 6.07) is 0. The topological polar surface area (TPSA) is 84.9 Å². The molecular weight excluding hydrogens is 333 g/mol. The van der Waals surface area contributed by atoms with Gasteiger partial charge in [0.25, 0.3) is 0 Å². The fourth-order valence-electron chi connectivity index (χ4n) is 0.562. The highest BCUT2D eigenvalue weighted by Crippen LogP contribution is 2.50. The molecule has 0 saturated heterocycles. The normalized spacial score (nSPS) is 15.5. The summed E-state index contributed by atoms with van der Waals surface area (Å²) >= 11 is -3.31. The number of alkyl halides is 6. The van der Waals surface area contributed by atoms with Crippen molar-refractivity contribution in [1.82, 2.24) is 0 Å². The molecule has 0 aliphatic rings. The lowest BCUT2D eigenvalue weighted by atomic mass is 10.7. The zero-order valence-corrected chi connectivity index (χ0v) is 10.4. The fraction of sp³-hybridized carbons (Fsp3) is 1.00. The van der Waals surface area contributed by atoms with Crippen LogP contribution < -0.4 is 0 Å². The van der Waals surface area contributed by atoms with Crippen molar-refractivity contribution >= 4 is 19.0 Å². The van der Waals surface area contributed by atoms with Crippen LogP contribution in [0.25, 0.3) is 0 Å². The summed E-state index contributed by atoms with van der Waals surface area (Å²) in [6.45, 7) is -4.37. The molecule has 0 spiro atoms. The Hall–Kier alpha value is -0.200. The summed E-state index contributed by atoms with van der Waals surface area (Å²) < 4.78 is 113. The zero-order valence-electron chi connectivity index (χ0n) is 8.69. The minimum Gasteiger partial charge on any atom is -0.750 e. The number of rotatable bonds is 7. The molecule has 0 radical (unpaired) electrons. The number of hydrogen-bond acceptors (Lipinski definition) is 6. The third-order valence-corrected chi connectivity index (χ3v) is 3.13. The van der Waals surface area contributed by atoms with Crippen LogP contribution in [-0.4, -0.2) is 40.7 Å². The minimum atomic E-state index is -5.02. The van der Waals surface area contributed by atoms with Crippen molar-refractivity contribution in [2.45, 2.75) is 12.4 Å². The van der Waals surface area contributed by atoms with Crippen molar-refractivity contribution in [2.24, 2.45) is 0 Å². The van der Waals surface area contributed by atoms with Crippen LogP contribution in [0.5, 0.6) is 0 Å². The first-order valence-corrected chi connectivity index (χ1v) is 6.80. The Morgan fingerprint density at radius 2 is 1.37 bits per heavy atom. The molecule has 0 fully saturated rings. The third-order valence-electron chi connectivity index (χ3n) is 1.16. The molecule has 19 heavy (non-hydrogen) atoms. The molecule has 0 aromatic carbocycles. The van der Waals surface area contributed by atoms with Gasteiger partial charge in [-0.15, -0.1) is 0 Å². The molecule has 0 amide bonds. The third kappa shape index (κ3) is 11.3. The highest BCUT2D eigenvalue weighted by Gasteiger charge is 2.38. The first-order valence-electron chi connectivity index (χ1n) is 4.07. The molecule has 1 atom stereocenters. The molecule has 0 aliphatic heterocycles. The van der Waals surface area contributed by atoms with E-state index >= 15 is 0 Å². The fourth-order valence-corrected chi connectivity index (χ4v) is 2.33. The first kappa shape index (κ1) is 18.8. The monoisotopic (exact) mass is 339 g/mol. The van der Waals surface area contributed by atoms with Gasteiger partial charge in [0.05, 0.1) is 11.4 Å². The van der Waals surface area contributed by atoms with E-state index < -0.39 is 50.9 Å². The summed E-state index contributed by atoms with van der Waals surface area (Å²) in [6.07, 6.45) is -11.6. The number of halogens is 6. The Kier molecular flexibility index (Phi) is 6.92. The molecule has 116 valence electrons. The van der Waals surface area contributed by atoms with E-state index in [2.05, 4.69) is 13.2 Å². The van der Waals surface area contributed by atoms with E-state index in [1.165, 1.54) is 0 Å². The molecule has 0 aromatic rings. The summed E-state index contributed by atoms with van der Waals surface area (Å²) in [5.74, 6) is 0. The van der Waals surface area contributed by atoms with E-state index in [1.807, 2.05) is 0 Å². The quantitative estimate of drug-likeness (QED) is 0.401. The van der Waals surface area contributed by atoms with E-state index in [1.54, 1.807) is 0 Å². The van der Waals surface area contributed by atoms with Crippen molar-refractivity contribution in [3.05, 3.63) is 0 Å². The molecule has 0 aromatic heterocycles. The van der Waals surface area contributed by atoms with Crippen LogP contribution in [0.1, 0.15) is 0 Å². The second-order valence-corrected chi connectivity index (χ2v) is 5.48. The molecule has 0 rings (SSSR count). The molecule has 6 nitrogen and oxygen atoms in total. The van der Waals surface area contributed by atoms with Gasteiger partial charge in [0.2, 0.25) is 0 Å². The highest BCUT2D eigenvalue weighted by atomic mass is 32.2. The first-order chi connectivity index (χ1) is 8.33. The van der Waals surface area contributed by atoms with Crippen LogP contribution in [0.15, 0.2) is 0 Å². The maximum Gasteiger partial charge on any atom is 0.412 e. The summed E-state index contributed by atoms with van der Waals surface area (Å²) in [4.78, 5) is 0. The van der Waals surface area contributed by atoms with Crippen LogP contribution in [-0.2, 0) is 29.2 Å². The van der Waals surface area contributed by atoms with Gasteiger partial charge in [0, 0.05) is 0 Å². The predicted octanol–water partition coefficient (Wildman–Crippen LogP) is 2.11. The van der Waals surface area contributed by atoms with Crippen molar-refractivity contribution < 1.29 is 52.9 Å². The van der Waals surface area contributed by atoms with E-state index in [4.69, 9.17) is 0 Å². The Balaban J connectivity index is 4.62. The molecule has 0 aliphatic carbocycles. The standard InChI is InChI=1S/C5H7F6O6PS/c6-4(7,8)1-15-18(12,3-17-19(13)14)16-2-5(9,10)11/h1-3H2,(H,13,14)/p-1. The van der Waals surface area contributed by atoms with E-state index in [9.17, 15) is 39.7 Å². The van der Waals surface area contributed by atoms with Crippen LogP contribution in [0, 0.1) is 0 Å². The molecule has 0 heterocycles. The molecule has 14 heteroatoms. The molecule has 1 unspecified atom stereocenters. The second kappa shape index (κ2) is 6.99. The Morgan fingerprint density at radius 3 is 1.63 bits per heavy atom. The van der Waals surface area contributed by atoms with Crippen LogP contribution in [0.3, 0.4) is 0 Å². The summed E-state index contributed by atoms with van der Waals surface area (Å²) in [5.41, 5.74) is 0. The highest BCUT2D eigenvalue weighted by molar-refractivity contribution is 7.74. The van der Waals surface area contributed by atoms with Crippen molar-refractivity contribution in [3.63, 3.8) is 0 Å². The van der Waals surface area contributed by atoms with Gasteiger partial charge in [-0.05, 0) is 0 Å². The maximum absolute atomic E-state index is 11.8. The molecular formula is C5H6F6O6PS-. The van der Waals surface area contributed by atoms with Crippen molar-refractivity contribution in [3.8, 4) is 0 Å². The lowest BCUT2D eigenvalue weighted by molar-refractivity contribution is -0.165. The number of hydrogen-bond donors (Lipinski definition) is 0. The lowest BCUT2D eigenvalue weighted by Gasteiger charge is -2.20. The van der Waals surface area contributed by atoms with Crippen LogP contribution in [0.4, 0.5) is 26.3 Å². The predicted molar refractivity (Wildman–Crippen MR) is 46.5 cm³/mol. The van der Waals surface area contributed by atoms with Gasteiger partial charge in [0.1, 0.15) is 0 Å². The average Bonchev–Trinajstić information content (AvgIpc) is 2.19. The maximum atomic E-state index is 11.8. The van der Waals surface area contributed by atoms with Gasteiger partial charge >= 0.3 is 19.9 Å². The Bertz CT molecular complexity index is 333. The van der Waals surface area contributed by atoms with E-state index in [0.29, 0.717) is 0 Å². The second-order valence-electron chi connectivity index (χ2n) is 2.84. The van der Waals surface area contributed by atoms with Gasteiger partial charge < -0.3 is 4.55 Å². The SMILES string of the molecule is O=S([O-])OCP(=O)(OCC(F)(F)F)OCC(F)(F)F. The molecule has 0 bridgehead atoms. The summed E-state index contributed by atoms with van der Waals surface area (Å²) in [5, 5.41) is 0. The van der Waals surface area contributed by atoms with Gasteiger partial charge in [-0.2, -0.15) is 26.3 Å². The van der Waals surface area contributed by atoms with Gasteiger partial charge in [0.15, 0.2) is 19.6 Å². The largest absolute Gasteiger partial charge is 0.750 e. The van der Waals surface area contributed by atoms with Crippen LogP contribution >= 0.6 is 7.60 Å². The van der Waals surface area contributed by atoms with E-state index in [-0.39, 0.29) is 0 Å². The van der Waals surface area contributed by atoms with E-state index in [0.717, 1.165) is 0 Å². The average molecular weight is 339 g/mol. The lowest BCUT2D eigenvalue weighted by Crippen LogP contribution is -2.21. The molecule has 0 saturated carbocycles. The summed E-state index contributed by atoms with van der Waals surface area (Å²) in [7, 11) is -5.02. The minimum absolute atomic E-state index is 1.60. The van der Waals surface area contributed by atoms with Gasteiger partial charge in [-0.3, -0.25) is 17.8 Å². The van der Waals surface area contributed by atoms with Crippen LogP contribution in [0.2, 0.25) is 0 Å².